The molecular weight excluding hydrogens is 514 g/mol. The number of nitrogens with one attached hydrogen (secondary N) is 1. The third kappa shape index (κ3) is 6.44. The summed E-state index contributed by atoms with van der Waals surface area (Å²) in [5, 5.41) is 13.0. The van der Waals surface area contributed by atoms with Gasteiger partial charge in [0.1, 0.15) is 0 Å². The molecule has 8 heteroatoms. The van der Waals surface area contributed by atoms with Crippen LogP contribution in [0.15, 0.2) is 101 Å². The molecule has 1 aliphatic heterocycles. The number of aliphatic imine (C=N–C) groups is 1. The van der Waals surface area contributed by atoms with Gasteiger partial charge in [-0.05, 0) is 35.7 Å². The zero-order chi connectivity index (χ0) is 27.9. The third-order valence-corrected chi connectivity index (χ3v) is 7.10. The summed E-state index contributed by atoms with van der Waals surface area (Å²) >= 11 is 6.18. The standard InChI is InChI=1S/C31H30ClN3O4/c1-20(26(22-11-5-3-6-12-22)23-13-7-4-8-14-23)29(36)33-17-10-18-35-28(24-15-9-16-25(32)19-24)27(30(37)38)21(2)34-31(35)39/h3-9,11-17,19-20,26,28H,10,18H2,1-2H3,(H,34,39)(H,37,38). The first-order valence-corrected chi connectivity index (χ1v) is 13.1. The molecule has 200 valence electrons. The molecule has 0 fully saturated rings. The molecule has 0 radical (unpaired) electrons. The molecular formula is C31H30ClN3O4. The zero-order valence-corrected chi connectivity index (χ0v) is 22.5. The lowest BCUT2D eigenvalue weighted by Gasteiger charge is -2.37. The van der Waals surface area contributed by atoms with Crippen LogP contribution in [-0.4, -0.2) is 40.7 Å². The summed E-state index contributed by atoms with van der Waals surface area (Å²) in [4.78, 5) is 43.9. The maximum absolute atomic E-state index is 13.2. The van der Waals surface area contributed by atoms with E-state index >= 15 is 0 Å². The van der Waals surface area contributed by atoms with Crippen molar-refractivity contribution in [2.24, 2.45) is 10.9 Å². The fourth-order valence-corrected chi connectivity index (χ4v) is 5.21. The molecule has 0 aromatic heterocycles. The smallest absolute Gasteiger partial charge is 0.335 e. The van der Waals surface area contributed by atoms with Gasteiger partial charge in [0.15, 0.2) is 0 Å². The van der Waals surface area contributed by atoms with Crippen molar-refractivity contribution in [3.05, 3.63) is 118 Å². The van der Waals surface area contributed by atoms with Gasteiger partial charge in [-0.2, -0.15) is 0 Å². The zero-order valence-electron chi connectivity index (χ0n) is 21.8. The second-order valence-corrected chi connectivity index (χ2v) is 9.89. The van der Waals surface area contributed by atoms with Crippen molar-refractivity contribution < 1.29 is 19.5 Å². The number of amides is 3. The van der Waals surface area contributed by atoms with Crippen molar-refractivity contribution in [3.8, 4) is 0 Å². The second-order valence-electron chi connectivity index (χ2n) is 9.45. The number of rotatable bonds is 9. The average Bonchev–Trinajstić information content (AvgIpc) is 2.92. The molecule has 3 aromatic rings. The fraction of sp³-hybridized carbons (Fsp3) is 0.226. The van der Waals surface area contributed by atoms with E-state index in [-0.39, 0.29) is 36.1 Å². The minimum absolute atomic E-state index is 0.0621. The van der Waals surface area contributed by atoms with E-state index in [1.165, 1.54) is 11.1 Å². The van der Waals surface area contributed by atoms with E-state index in [4.69, 9.17) is 11.6 Å². The van der Waals surface area contributed by atoms with Crippen LogP contribution in [0.5, 0.6) is 0 Å². The van der Waals surface area contributed by atoms with E-state index < -0.39 is 24.0 Å². The molecule has 0 saturated heterocycles. The monoisotopic (exact) mass is 543 g/mol. The van der Waals surface area contributed by atoms with E-state index in [2.05, 4.69) is 10.3 Å². The fourth-order valence-electron chi connectivity index (χ4n) is 5.01. The molecule has 0 spiro atoms. The molecule has 2 atom stereocenters. The van der Waals surface area contributed by atoms with Crippen LogP contribution in [0.4, 0.5) is 4.79 Å². The Balaban J connectivity index is 1.52. The first-order valence-electron chi connectivity index (χ1n) is 12.7. The van der Waals surface area contributed by atoms with Gasteiger partial charge in [0.2, 0.25) is 5.91 Å². The summed E-state index contributed by atoms with van der Waals surface area (Å²) in [6.07, 6.45) is 1.76. The van der Waals surface area contributed by atoms with Crippen LogP contribution in [-0.2, 0) is 9.59 Å². The number of hydrogen-bond acceptors (Lipinski definition) is 3. The van der Waals surface area contributed by atoms with Crippen LogP contribution in [0.3, 0.4) is 0 Å². The Bertz CT molecular complexity index is 1370. The molecule has 7 nitrogen and oxygen atoms in total. The Hall–Kier alpha value is -4.23. The predicted octanol–water partition coefficient (Wildman–Crippen LogP) is 6.22. The molecule has 3 aromatic carbocycles. The molecule has 2 N–H and O–H groups in total. The largest absolute Gasteiger partial charge is 0.478 e. The van der Waals surface area contributed by atoms with E-state index in [0.717, 1.165) is 11.1 Å². The topological polar surface area (TPSA) is 99.1 Å². The average molecular weight is 544 g/mol. The summed E-state index contributed by atoms with van der Waals surface area (Å²) in [6.45, 7) is 3.58. The maximum Gasteiger partial charge on any atom is 0.335 e. The number of benzene rings is 3. The minimum Gasteiger partial charge on any atom is -0.478 e. The van der Waals surface area contributed by atoms with Crippen LogP contribution in [0.2, 0.25) is 5.02 Å². The lowest BCUT2D eigenvalue weighted by atomic mass is 9.81. The SMILES string of the molecule is CC1=C(C(=O)O)C(c2cccc(Cl)c2)N(CCC=NC(=O)C(C)C(c2ccccc2)c2ccccc2)C(=O)N1. The van der Waals surface area contributed by atoms with Crippen molar-refractivity contribution in [2.75, 3.05) is 6.54 Å². The number of aliphatic carboxylic acids is 1. The van der Waals surface area contributed by atoms with Crippen LogP contribution in [0.25, 0.3) is 0 Å². The first-order chi connectivity index (χ1) is 18.8. The molecule has 1 aliphatic rings. The highest BCUT2D eigenvalue weighted by molar-refractivity contribution is 6.30. The van der Waals surface area contributed by atoms with E-state index in [1.54, 1.807) is 31.2 Å². The number of carbonyl (C=O) groups excluding carboxylic acids is 2. The number of carbonyl (C=O) groups is 3. The molecule has 39 heavy (non-hydrogen) atoms. The normalized spacial score (nSPS) is 16.5. The minimum atomic E-state index is -1.13. The highest BCUT2D eigenvalue weighted by atomic mass is 35.5. The number of hydrogen-bond donors (Lipinski definition) is 2. The summed E-state index contributed by atoms with van der Waals surface area (Å²) < 4.78 is 0. The van der Waals surface area contributed by atoms with Crippen molar-refractivity contribution in [1.82, 2.24) is 10.2 Å². The third-order valence-electron chi connectivity index (χ3n) is 6.86. The number of nitrogens with zero attached hydrogens (tertiary/aromatic N) is 2. The summed E-state index contributed by atoms with van der Waals surface area (Å²) in [5.41, 5.74) is 2.98. The highest BCUT2D eigenvalue weighted by Gasteiger charge is 2.37. The molecule has 2 unspecified atom stereocenters. The van der Waals surface area contributed by atoms with Gasteiger partial charge in [0, 0.05) is 41.7 Å². The van der Waals surface area contributed by atoms with Crippen molar-refractivity contribution in [2.45, 2.75) is 32.2 Å². The molecule has 4 rings (SSSR count). The van der Waals surface area contributed by atoms with Gasteiger partial charge in [-0.3, -0.25) is 4.79 Å². The van der Waals surface area contributed by atoms with Crippen molar-refractivity contribution >= 4 is 35.7 Å². The van der Waals surface area contributed by atoms with E-state index in [9.17, 15) is 19.5 Å². The Morgan fingerprint density at radius 3 is 2.21 bits per heavy atom. The number of urea groups is 1. The summed E-state index contributed by atoms with van der Waals surface area (Å²) in [6, 6.07) is 25.2. The van der Waals surface area contributed by atoms with Crippen LogP contribution in [0, 0.1) is 5.92 Å². The molecule has 0 bridgehead atoms. The van der Waals surface area contributed by atoms with Crippen molar-refractivity contribution in [1.29, 1.82) is 0 Å². The van der Waals surface area contributed by atoms with Gasteiger partial charge in [0.25, 0.3) is 0 Å². The summed E-state index contributed by atoms with van der Waals surface area (Å²) in [5.74, 6) is -1.99. The van der Waals surface area contributed by atoms with Crippen LogP contribution < -0.4 is 5.32 Å². The maximum atomic E-state index is 13.2. The Morgan fingerprint density at radius 1 is 1.03 bits per heavy atom. The van der Waals surface area contributed by atoms with Gasteiger partial charge in [0.05, 0.1) is 11.6 Å². The number of halogens is 1. The number of carboxylic acid groups (broad SMARTS) is 1. The Kier molecular flexibility index (Phi) is 8.94. The Labute approximate surface area is 232 Å². The quantitative estimate of drug-likeness (QED) is 0.313. The second kappa shape index (κ2) is 12.5. The highest BCUT2D eigenvalue weighted by Crippen LogP contribution is 2.35. The molecule has 1 heterocycles. The lowest BCUT2D eigenvalue weighted by Crippen LogP contribution is -2.48. The number of carboxylic acids is 1. The van der Waals surface area contributed by atoms with Gasteiger partial charge in [-0.1, -0.05) is 91.3 Å². The molecule has 3 amide bonds. The van der Waals surface area contributed by atoms with Gasteiger partial charge in [-0.25, -0.2) is 14.6 Å². The molecule has 0 aliphatic carbocycles. The van der Waals surface area contributed by atoms with Crippen LogP contribution >= 0.6 is 11.6 Å². The van der Waals surface area contributed by atoms with E-state index in [0.29, 0.717) is 10.6 Å². The Morgan fingerprint density at radius 2 is 1.64 bits per heavy atom. The molecule has 0 saturated carbocycles. The van der Waals surface area contributed by atoms with Gasteiger partial charge < -0.3 is 15.3 Å². The van der Waals surface area contributed by atoms with Crippen molar-refractivity contribution in [3.63, 3.8) is 0 Å². The first kappa shape index (κ1) is 27.8. The lowest BCUT2D eigenvalue weighted by molar-refractivity contribution is -0.133. The van der Waals surface area contributed by atoms with Crippen LogP contribution in [0.1, 0.15) is 48.9 Å². The number of allylic oxidation sites excluding steroid dienone is 1. The van der Waals surface area contributed by atoms with Gasteiger partial charge in [-0.15, -0.1) is 0 Å². The predicted molar refractivity (Wildman–Crippen MR) is 152 cm³/mol. The van der Waals surface area contributed by atoms with E-state index in [1.807, 2.05) is 67.6 Å². The van der Waals surface area contributed by atoms with Gasteiger partial charge >= 0.3 is 12.0 Å². The summed E-state index contributed by atoms with van der Waals surface area (Å²) in [7, 11) is 0.